The molecule has 1 aliphatic rings. The molecule has 0 N–H and O–H groups in total. The summed E-state index contributed by atoms with van der Waals surface area (Å²) in [5.41, 5.74) is 3.15. The third kappa shape index (κ3) is 5.25. The second-order valence-electron chi connectivity index (χ2n) is 9.09. The van der Waals surface area contributed by atoms with E-state index < -0.39 is 0 Å². The topological polar surface area (TPSA) is 58.6 Å². The Hall–Kier alpha value is -3.41. The van der Waals surface area contributed by atoms with Gasteiger partial charge in [0.2, 0.25) is 5.95 Å². The van der Waals surface area contributed by atoms with Crippen LogP contribution in [-0.4, -0.2) is 47.0 Å². The molecule has 166 valence electrons. The number of amides is 1. The first-order valence-corrected chi connectivity index (χ1v) is 11.0. The van der Waals surface area contributed by atoms with Crippen LogP contribution in [0.1, 0.15) is 42.3 Å². The molecule has 0 saturated carbocycles. The fraction of sp³-hybridized carbons (Fsp3) is 0.346. The van der Waals surface area contributed by atoms with Gasteiger partial charge in [0.15, 0.2) is 0 Å². The molecule has 0 radical (unpaired) electrons. The zero-order valence-corrected chi connectivity index (χ0v) is 19.0. The minimum absolute atomic E-state index is 0.0591. The van der Waals surface area contributed by atoms with Gasteiger partial charge in [0, 0.05) is 44.1 Å². The summed E-state index contributed by atoms with van der Waals surface area (Å²) in [6.07, 6.45) is 3.48. The summed E-state index contributed by atoms with van der Waals surface area (Å²) in [4.78, 5) is 25.5. The van der Waals surface area contributed by atoms with E-state index in [0.717, 1.165) is 30.4 Å². The summed E-state index contributed by atoms with van der Waals surface area (Å²) >= 11 is 0. The first-order valence-electron chi connectivity index (χ1n) is 11.0. The van der Waals surface area contributed by atoms with Crippen LogP contribution in [0, 0.1) is 0 Å². The SMILES string of the molecule is CC(C)(C)c1ccc(OCc2ccc(C(=O)N3CCN(c4ncccn4)CC3)cc2)cc1. The van der Waals surface area contributed by atoms with E-state index in [1.807, 2.05) is 41.3 Å². The van der Waals surface area contributed by atoms with Crippen LogP contribution in [0.25, 0.3) is 0 Å². The van der Waals surface area contributed by atoms with Crippen molar-refractivity contribution in [2.75, 3.05) is 31.1 Å². The highest BCUT2D eigenvalue weighted by atomic mass is 16.5. The third-order valence-electron chi connectivity index (χ3n) is 5.73. The molecule has 32 heavy (non-hydrogen) atoms. The number of aromatic nitrogens is 2. The van der Waals surface area contributed by atoms with E-state index in [9.17, 15) is 4.79 Å². The number of rotatable bonds is 5. The van der Waals surface area contributed by atoms with Crippen molar-refractivity contribution < 1.29 is 9.53 Å². The standard InChI is InChI=1S/C26H30N4O2/c1-26(2,3)22-9-11-23(12-10-22)32-19-20-5-7-21(8-6-20)24(31)29-15-17-30(18-16-29)25-27-13-4-14-28-25/h4-14H,15-19H2,1-3H3. The van der Waals surface area contributed by atoms with E-state index in [1.165, 1.54) is 5.56 Å². The summed E-state index contributed by atoms with van der Waals surface area (Å²) in [7, 11) is 0. The Morgan fingerprint density at radius 2 is 1.53 bits per heavy atom. The molecule has 2 heterocycles. The molecule has 0 aliphatic carbocycles. The van der Waals surface area contributed by atoms with E-state index in [2.05, 4.69) is 47.8 Å². The van der Waals surface area contributed by atoms with Crippen molar-refractivity contribution in [3.63, 3.8) is 0 Å². The van der Waals surface area contributed by atoms with E-state index in [4.69, 9.17) is 4.74 Å². The van der Waals surface area contributed by atoms with Gasteiger partial charge in [0.25, 0.3) is 5.91 Å². The first-order chi connectivity index (χ1) is 15.4. The van der Waals surface area contributed by atoms with Crippen molar-refractivity contribution in [2.45, 2.75) is 32.8 Å². The highest BCUT2D eigenvalue weighted by Crippen LogP contribution is 2.24. The van der Waals surface area contributed by atoms with E-state index in [0.29, 0.717) is 25.3 Å². The number of nitrogens with zero attached hydrogens (tertiary/aromatic N) is 4. The summed E-state index contributed by atoms with van der Waals surface area (Å²) < 4.78 is 5.92. The second kappa shape index (κ2) is 9.39. The number of hydrogen-bond donors (Lipinski definition) is 0. The van der Waals surface area contributed by atoms with Crippen molar-refractivity contribution in [2.24, 2.45) is 0 Å². The van der Waals surface area contributed by atoms with E-state index in [1.54, 1.807) is 18.5 Å². The zero-order valence-electron chi connectivity index (χ0n) is 19.0. The number of anilines is 1. The van der Waals surface area contributed by atoms with Gasteiger partial charge in [-0.25, -0.2) is 9.97 Å². The molecule has 3 aromatic rings. The number of ether oxygens (including phenoxy) is 1. The summed E-state index contributed by atoms with van der Waals surface area (Å²) in [6, 6.07) is 17.8. The Morgan fingerprint density at radius 1 is 0.906 bits per heavy atom. The lowest BCUT2D eigenvalue weighted by atomic mass is 9.87. The lowest BCUT2D eigenvalue weighted by molar-refractivity contribution is 0.0746. The van der Waals surface area contributed by atoms with Gasteiger partial charge < -0.3 is 14.5 Å². The number of benzene rings is 2. The van der Waals surface area contributed by atoms with Crippen molar-refractivity contribution in [1.82, 2.24) is 14.9 Å². The van der Waals surface area contributed by atoms with Gasteiger partial charge in [-0.05, 0) is 46.9 Å². The molecule has 4 rings (SSSR count). The van der Waals surface area contributed by atoms with Gasteiger partial charge in [0.1, 0.15) is 12.4 Å². The fourth-order valence-electron chi connectivity index (χ4n) is 3.71. The number of hydrogen-bond acceptors (Lipinski definition) is 5. The molecule has 1 fully saturated rings. The van der Waals surface area contributed by atoms with Crippen LogP contribution in [0.15, 0.2) is 67.0 Å². The van der Waals surface area contributed by atoms with E-state index >= 15 is 0 Å². The molecule has 1 saturated heterocycles. The highest BCUT2D eigenvalue weighted by Gasteiger charge is 2.23. The molecule has 1 amide bonds. The van der Waals surface area contributed by atoms with Crippen LogP contribution in [0.2, 0.25) is 0 Å². The fourth-order valence-corrected chi connectivity index (χ4v) is 3.71. The van der Waals surface area contributed by atoms with Crippen LogP contribution < -0.4 is 9.64 Å². The van der Waals surface area contributed by atoms with Crippen molar-refractivity contribution >= 4 is 11.9 Å². The molecule has 2 aromatic carbocycles. The number of carbonyl (C=O) groups is 1. The van der Waals surface area contributed by atoms with Gasteiger partial charge in [-0.1, -0.05) is 45.0 Å². The van der Waals surface area contributed by atoms with Crippen LogP contribution in [0.5, 0.6) is 5.75 Å². The molecular weight excluding hydrogens is 400 g/mol. The average molecular weight is 431 g/mol. The van der Waals surface area contributed by atoms with Gasteiger partial charge in [-0.2, -0.15) is 0 Å². The van der Waals surface area contributed by atoms with Gasteiger partial charge >= 0.3 is 0 Å². The molecule has 0 atom stereocenters. The van der Waals surface area contributed by atoms with Crippen LogP contribution in [0.4, 0.5) is 5.95 Å². The molecular formula is C26H30N4O2. The maximum atomic E-state index is 12.9. The largest absolute Gasteiger partial charge is 0.489 e. The van der Waals surface area contributed by atoms with Crippen LogP contribution in [0.3, 0.4) is 0 Å². The molecule has 0 bridgehead atoms. The first kappa shape index (κ1) is 21.8. The number of piperazine rings is 1. The second-order valence-corrected chi connectivity index (χ2v) is 9.09. The number of carbonyl (C=O) groups excluding carboxylic acids is 1. The van der Waals surface area contributed by atoms with Crippen LogP contribution >= 0.6 is 0 Å². The Bertz CT molecular complexity index is 1020. The monoisotopic (exact) mass is 430 g/mol. The summed E-state index contributed by atoms with van der Waals surface area (Å²) in [6.45, 7) is 9.85. The highest BCUT2D eigenvalue weighted by molar-refractivity contribution is 5.94. The Labute approximate surface area is 189 Å². The molecule has 6 nitrogen and oxygen atoms in total. The van der Waals surface area contributed by atoms with Crippen molar-refractivity contribution in [3.05, 3.63) is 83.7 Å². The molecule has 0 unspecified atom stereocenters. The lowest BCUT2D eigenvalue weighted by Gasteiger charge is -2.34. The molecule has 6 heteroatoms. The quantitative estimate of drug-likeness (QED) is 0.604. The van der Waals surface area contributed by atoms with Gasteiger partial charge in [-0.15, -0.1) is 0 Å². The third-order valence-corrected chi connectivity index (χ3v) is 5.73. The normalized spacial score (nSPS) is 14.3. The van der Waals surface area contributed by atoms with E-state index in [-0.39, 0.29) is 11.3 Å². The van der Waals surface area contributed by atoms with Crippen molar-refractivity contribution in [3.8, 4) is 5.75 Å². The molecule has 0 spiro atoms. The lowest BCUT2D eigenvalue weighted by Crippen LogP contribution is -2.49. The predicted molar refractivity (Wildman–Crippen MR) is 126 cm³/mol. The molecule has 1 aromatic heterocycles. The predicted octanol–water partition coefficient (Wildman–Crippen LogP) is 4.32. The summed E-state index contributed by atoms with van der Waals surface area (Å²) in [5.74, 6) is 1.62. The Morgan fingerprint density at radius 3 is 2.12 bits per heavy atom. The Kier molecular flexibility index (Phi) is 6.40. The smallest absolute Gasteiger partial charge is 0.253 e. The average Bonchev–Trinajstić information content (AvgIpc) is 2.83. The van der Waals surface area contributed by atoms with Crippen LogP contribution in [-0.2, 0) is 12.0 Å². The zero-order chi connectivity index (χ0) is 22.6. The Balaban J connectivity index is 1.29. The minimum Gasteiger partial charge on any atom is -0.489 e. The maximum absolute atomic E-state index is 12.9. The van der Waals surface area contributed by atoms with Gasteiger partial charge in [0.05, 0.1) is 0 Å². The summed E-state index contributed by atoms with van der Waals surface area (Å²) in [5, 5.41) is 0. The minimum atomic E-state index is 0.0591. The van der Waals surface area contributed by atoms with Gasteiger partial charge in [-0.3, -0.25) is 4.79 Å². The van der Waals surface area contributed by atoms with Crippen molar-refractivity contribution in [1.29, 1.82) is 0 Å². The molecule has 1 aliphatic heterocycles. The maximum Gasteiger partial charge on any atom is 0.253 e.